The number of hydrogen-bond donors (Lipinski definition) is 2. The van der Waals surface area contributed by atoms with Gasteiger partial charge < -0.3 is 10.0 Å². The van der Waals surface area contributed by atoms with Gasteiger partial charge in [-0.15, -0.1) is 0 Å². The van der Waals surface area contributed by atoms with Crippen LogP contribution < -0.4 is 5.46 Å². The van der Waals surface area contributed by atoms with Crippen LogP contribution in [0.5, 0.6) is 0 Å². The van der Waals surface area contributed by atoms with Crippen LogP contribution in [0.15, 0.2) is 24.3 Å². The van der Waals surface area contributed by atoms with Crippen molar-refractivity contribution in [2.24, 2.45) is 5.92 Å². The summed E-state index contributed by atoms with van der Waals surface area (Å²) in [6, 6.07) is 7.62. The molecule has 0 spiro atoms. The maximum atomic E-state index is 8.95. The van der Waals surface area contributed by atoms with E-state index in [1.807, 2.05) is 12.1 Å². The van der Waals surface area contributed by atoms with Gasteiger partial charge in [0.15, 0.2) is 0 Å². The van der Waals surface area contributed by atoms with Gasteiger partial charge in [0.25, 0.3) is 0 Å². The van der Waals surface area contributed by atoms with Crippen molar-refractivity contribution < 1.29 is 10.0 Å². The van der Waals surface area contributed by atoms with Crippen molar-refractivity contribution in [3.8, 4) is 0 Å². The lowest BCUT2D eigenvalue weighted by molar-refractivity contribution is 0.426. The topological polar surface area (TPSA) is 40.5 Å². The van der Waals surface area contributed by atoms with Crippen molar-refractivity contribution in [2.75, 3.05) is 0 Å². The standard InChI is InChI=1S/C12H17BO2/c14-13(15)12-7-5-11(6-8-12)9-10-3-1-2-4-10/h5-8,10,14-15H,1-4,9H2. The summed E-state index contributed by atoms with van der Waals surface area (Å²) in [5, 5.41) is 17.9. The van der Waals surface area contributed by atoms with Gasteiger partial charge in [-0.3, -0.25) is 0 Å². The van der Waals surface area contributed by atoms with Crippen LogP contribution in [0.1, 0.15) is 31.2 Å². The van der Waals surface area contributed by atoms with Gasteiger partial charge >= 0.3 is 7.12 Å². The van der Waals surface area contributed by atoms with Gasteiger partial charge in [0.1, 0.15) is 0 Å². The van der Waals surface area contributed by atoms with Crippen molar-refractivity contribution in [3.63, 3.8) is 0 Å². The van der Waals surface area contributed by atoms with E-state index in [4.69, 9.17) is 10.0 Å². The molecule has 0 bridgehead atoms. The van der Waals surface area contributed by atoms with Gasteiger partial charge in [-0.1, -0.05) is 49.9 Å². The highest BCUT2D eigenvalue weighted by Crippen LogP contribution is 2.27. The van der Waals surface area contributed by atoms with Crippen LogP contribution in [-0.4, -0.2) is 17.2 Å². The first-order valence-corrected chi connectivity index (χ1v) is 5.70. The molecule has 0 unspecified atom stereocenters. The summed E-state index contributed by atoms with van der Waals surface area (Å²) in [4.78, 5) is 0. The summed E-state index contributed by atoms with van der Waals surface area (Å²) in [5.41, 5.74) is 1.89. The SMILES string of the molecule is OB(O)c1ccc(CC2CCCC2)cc1. The van der Waals surface area contributed by atoms with Gasteiger partial charge in [-0.25, -0.2) is 0 Å². The molecule has 2 N–H and O–H groups in total. The Hall–Kier alpha value is -0.795. The van der Waals surface area contributed by atoms with E-state index in [0.717, 1.165) is 12.3 Å². The normalized spacial score (nSPS) is 16.9. The zero-order chi connectivity index (χ0) is 10.7. The molecule has 0 heterocycles. The molecule has 2 rings (SSSR count). The molecule has 2 nitrogen and oxygen atoms in total. The Labute approximate surface area is 91.1 Å². The summed E-state index contributed by atoms with van der Waals surface area (Å²) in [6.07, 6.45) is 6.59. The number of rotatable bonds is 3. The van der Waals surface area contributed by atoms with Crippen LogP contribution >= 0.6 is 0 Å². The molecule has 0 amide bonds. The third kappa shape index (κ3) is 2.83. The summed E-state index contributed by atoms with van der Waals surface area (Å²) in [6.45, 7) is 0. The molecule has 0 saturated heterocycles. The minimum absolute atomic E-state index is 0.574. The first-order chi connectivity index (χ1) is 7.25. The van der Waals surface area contributed by atoms with Gasteiger partial charge in [-0.2, -0.15) is 0 Å². The zero-order valence-corrected chi connectivity index (χ0v) is 8.89. The third-order valence-electron chi connectivity index (χ3n) is 3.28. The van der Waals surface area contributed by atoms with Crippen LogP contribution in [0.25, 0.3) is 0 Å². The predicted molar refractivity (Wildman–Crippen MR) is 61.9 cm³/mol. The van der Waals surface area contributed by atoms with Gasteiger partial charge in [0.05, 0.1) is 0 Å². The lowest BCUT2D eigenvalue weighted by Gasteiger charge is -2.09. The van der Waals surface area contributed by atoms with Crippen molar-refractivity contribution in [1.29, 1.82) is 0 Å². The molecule has 1 saturated carbocycles. The molecule has 3 heteroatoms. The summed E-state index contributed by atoms with van der Waals surface area (Å²) in [7, 11) is -1.34. The molecule has 80 valence electrons. The van der Waals surface area contributed by atoms with E-state index < -0.39 is 7.12 Å². The van der Waals surface area contributed by atoms with Crippen molar-refractivity contribution in [2.45, 2.75) is 32.1 Å². The number of benzene rings is 1. The molecular weight excluding hydrogens is 187 g/mol. The number of hydrogen-bond acceptors (Lipinski definition) is 2. The van der Waals surface area contributed by atoms with Crippen molar-refractivity contribution >= 4 is 12.6 Å². The van der Waals surface area contributed by atoms with Crippen LogP contribution in [0.3, 0.4) is 0 Å². The van der Waals surface area contributed by atoms with E-state index in [0.29, 0.717) is 5.46 Å². The van der Waals surface area contributed by atoms with Crippen molar-refractivity contribution in [1.82, 2.24) is 0 Å². The molecule has 0 atom stereocenters. The largest absolute Gasteiger partial charge is 0.488 e. The fourth-order valence-corrected chi connectivity index (χ4v) is 2.37. The Kier molecular flexibility index (Phi) is 3.44. The smallest absolute Gasteiger partial charge is 0.423 e. The molecule has 15 heavy (non-hydrogen) atoms. The minimum Gasteiger partial charge on any atom is -0.423 e. The molecular formula is C12H17BO2. The molecule has 1 aliphatic carbocycles. The van der Waals surface area contributed by atoms with Gasteiger partial charge in [0, 0.05) is 0 Å². The second kappa shape index (κ2) is 4.82. The predicted octanol–water partition coefficient (Wildman–Crippen LogP) is 1.10. The highest BCUT2D eigenvalue weighted by Gasteiger charge is 2.16. The second-order valence-electron chi connectivity index (χ2n) is 4.47. The maximum absolute atomic E-state index is 8.95. The van der Waals surface area contributed by atoms with E-state index in [2.05, 4.69) is 0 Å². The molecule has 1 aromatic rings. The average Bonchev–Trinajstić information content (AvgIpc) is 2.71. The average molecular weight is 204 g/mol. The molecule has 1 aliphatic rings. The lowest BCUT2D eigenvalue weighted by atomic mass is 9.79. The van der Waals surface area contributed by atoms with Crippen LogP contribution in [0.2, 0.25) is 0 Å². The van der Waals surface area contributed by atoms with Crippen LogP contribution in [0.4, 0.5) is 0 Å². The van der Waals surface area contributed by atoms with Gasteiger partial charge in [-0.05, 0) is 23.4 Å². The van der Waals surface area contributed by atoms with Crippen molar-refractivity contribution in [3.05, 3.63) is 29.8 Å². The van der Waals surface area contributed by atoms with E-state index in [9.17, 15) is 0 Å². The van der Waals surface area contributed by atoms with Gasteiger partial charge in [0.2, 0.25) is 0 Å². The summed E-state index contributed by atoms with van der Waals surface area (Å²) in [5.74, 6) is 0.842. The Morgan fingerprint density at radius 3 is 2.20 bits per heavy atom. The monoisotopic (exact) mass is 204 g/mol. The lowest BCUT2D eigenvalue weighted by Crippen LogP contribution is -2.29. The van der Waals surface area contributed by atoms with Crippen LogP contribution in [-0.2, 0) is 6.42 Å². The second-order valence-corrected chi connectivity index (χ2v) is 4.47. The molecule has 0 radical (unpaired) electrons. The van der Waals surface area contributed by atoms with E-state index in [-0.39, 0.29) is 0 Å². The zero-order valence-electron chi connectivity index (χ0n) is 8.89. The Morgan fingerprint density at radius 1 is 1.07 bits per heavy atom. The van der Waals surface area contributed by atoms with Crippen LogP contribution in [0, 0.1) is 5.92 Å². The van der Waals surface area contributed by atoms with E-state index >= 15 is 0 Å². The summed E-state index contributed by atoms with van der Waals surface area (Å²) < 4.78 is 0. The quantitative estimate of drug-likeness (QED) is 0.723. The third-order valence-corrected chi connectivity index (χ3v) is 3.28. The highest BCUT2D eigenvalue weighted by atomic mass is 16.4. The molecule has 1 fully saturated rings. The van der Waals surface area contributed by atoms with E-state index in [1.165, 1.54) is 31.2 Å². The molecule has 1 aromatic carbocycles. The Bertz CT molecular complexity index is 302. The fourth-order valence-electron chi connectivity index (χ4n) is 2.37. The Morgan fingerprint density at radius 2 is 1.67 bits per heavy atom. The maximum Gasteiger partial charge on any atom is 0.488 e. The Balaban J connectivity index is 1.97. The first-order valence-electron chi connectivity index (χ1n) is 5.70. The fraction of sp³-hybridized carbons (Fsp3) is 0.500. The molecule has 0 aromatic heterocycles. The molecule has 0 aliphatic heterocycles. The summed E-state index contributed by atoms with van der Waals surface area (Å²) >= 11 is 0. The highest BCUT2D eigenvalue weighted by molar-refractivity contribution is 6.58. The van der Waals surface area contributed by atoms with E-state index in [1.54, 1.807) is 12.1 Å². The first kappa shape index (κ1) is 10.7. The minimum atomic E-state index is -1.34.